The Morgan fingerprint density at radius 1 is 0.868 bits per heavy atom. The molecule has 38 heavy (non-hydrogen) atoms. The fraction of sp³-hybridized carbons (Fsp3) is 0.310. The number of hydrogen-bond donors (Lipinski definition) is 0. The summed E-state index contributed by atoms with van der Waals surface area (Å²) < 4.78 is 23.7. The molecule has 0 saturated carbocycles. The van der Waals surface area contributed by atoms with E-state index in [1.54, 1.807) is 4.90 Å². The number of aldehydes is 1. The SMILES string of the molecule is O=CC(c1ccccc1)C1CCCCN1C(=O)OCO[PH](P)(OCc1ccccc1)OCc1ccccc1. The van der Waals surface area contributed by atoms with Crippen LogP contribution in [0.3, 0.4) is 0 Å². The molecule has 1 aliphatic rings. The Balaban J connectivity index is 1.38. The van der Waals surface area contributed by atoms with Gasteiger partial charge in [-0.05, 0) is 0 Å². The van der Waals surface area contributed by atoms with Gasteiger partial charge in [0, 0.05) is 0 Å². The number of benzene rings is 3. The van der Waals surface area contributed by atoms with Gasteiger partial charge in [0.2, 0.25) is 0 Å². The van der Waals surface area contributed by atoms with E-state index in [4.69, 9.17) is 18.3 Å². The molecule has 1 aliphatic heterocycles. The van der Waals surface area contributed by atoms with Crippen LogP contribution in [0.25, 0.3) is 0 Å². The predicted octanol–water partition coefficient (Wildman–Crippen LogP) is 6.65. The van der Waals surface area contributed by atoms with E-state index in [0.29, 0.717) is 19.8 Å². The molecular formula is C29H35NO6P2. The summed E-state index contributed by atoms with van der Waals surface area (Å²) in [5.74, 6) is -0.413. The average molecular weight is 556 g/mol. The standard InChI is InChI=1S/C29H35NO6P2/c31-20-27(26-16-8-3-9-17-26)28-18-10-11-19-30(28)29(32)33-23-36-38(37,34-21-24-12-4-1-5-13-24)35-22-25-14-6-2-7-15-25/h1-9,12-17,20,27-28,38H,10-11,18-19,21-23,37H2. The molecule has 3 aromatic carbocycles. The van der Waals surface area contributed by atoms with Gasteiger partial charge in [0.05, 0.1) is 0 Å². The van der Waals surface area contributed by atoms with Crippen LogP contribution in [0.5, 0.6) is 0 Å². The second-order valence-corrected chi connectivity index (χ2v) is 13.3. The fourth-order valence-corrected chi connectivity index (χ4v) is 6.42. The Bertz CT molecular complexity index is 1090. The fourth-order valence-electron chi connectivity index (χ4n) is 4.51. The Kier molecular flexibility index (Phi) is 10.8. The van der Waals surface area contributed by atoms with Gasteiger partial charge in [0.1, 0.15) is 0 Å². The Morgan fingerprint density at radius 3 is 1.97 bits per heavy atom. The van der Waals surface area contributed by atoms with Crippen LogP contribution in [0.1, 0.15) is 41.9 Å². The number of likely N-dealkylation sites (tertiary alicyclic amines) is 1. The van der Waals surface area contributed by atoms with Gasteiger partial charge < -0.3 is 0 Å². The van der Waals surface area contributed by atoms with E-state index in [0.717, 1.165) is 42.2 Å². The Morgan fingerprint density at radius 2 is 1.42 bits per heavy atom. The minimum atomic E-state index is -3.26. The van der Waals surface area contributed by atoms with E-state index in [1.807, 2.05) is 91.0 Å². The molecule has 1 heterocycles. The molecule has 1 saturated heterocycles. The minimum absolute atomic E-state index is 0.266. The van der Waals surface area contributed by atoms with Gasteiger partial charge in [0.25, 0.3) is 0 Å². The van der Waals surface area contributed by atoms with E-state index < -0.39 is 19.6 Å². The summed E-state index contributed by atoms with van der Waals surface area (Å²) in [4.78, 5) is 26.9. The van der Waals surface area contributed by atoms with E-state index in [-0.39, 0.29) is 12.8 Å². The third-order valence-corrected chi connectivity index (χ3v) is 9.65. The molecule has 3 atom stereocenters. The first-order valence-corrected chi connectivity index (χ1v) is 16.3. The molecule has 0 aliphatic carbocycles. The monoisotopic (exact) mass is 555 g/mol. The summed E-state index contributed by atoms with van der Waals surface area (Å²) in [6.45, 7) is 0.800. The van der Waals surface area contributed by atoms with Crippen LogP contribution in [0.4, 0.5) is 4.79 Å². The van der Waals surface area contributed by atoms with Crippen molar-refractivity contribution < 1.29 is 27.9 Å². The quantitative estimate of drug-likeness (QED) is 0.142. The van der Waals surface area contributed by atoms with Crippen LogP contribution in [0, 0.1) is 0 Å². The van der Waals surface area contributed by atoms with Crippen molar-refractivity contribution in [3.63, 3.8) is 0 Å². The van der Waals surface area contributed by atoms with Crippen molar-refractivity contribution in [1.29, 1.82) is 0 Å². The maximum atomic E-state index is 13.1. The normalized spacial score (nSPS) is 17.0. The Hall–Kier alpha value is -2.66. The molecule has 202 valence electrons. The van der Waals surface area contributed by atoms with Gasteiger partial charge >= 0.3 is 227 Å². The first-order valence-electron chi connectivity index (χ1n) is 12.8. The van der Waals surface area contributed by atoms with Crippen LogP contribution in [0.2, 0.25) is 0 Å². The van der Waals surface area contributed by atoms with Crippen molar-refractivity contribution in [2.45, 2.75) is 44.4 Å². The number of piperidine rings is 1. The summed E-state index contributed by atoms with van der Waals surface area (Å²) in [5, 5.41) is 0. The number of ether oxygens (including phenoxy) is 1. The predicted molar refractivity (Wildman–Crippen MR) is 153 cm³/mol. The summed E-state index contributed by atoms with van der Waals surface area (Å²) in [6.07, 6.45) is 2.96. The van der Waals surface area contributed by atoms with Crippen molar-refractivity contribution in [2.24, 2.45) is 0 Å². The number of rotatable bonds is 12. The third kappa shape index (κ3) is 8.17. The molecule has 1 fully saturated rings. The second kappa shape index (κ2) is 14.5. The Labute approximate surface area is 227 Å². The molecule has 7 nitrogen and oxygen atoms in total. The number of carbonyl (C=O) groups is 2. The maximum absolute atomic E-state index is 13.1. The zero-order chi connectivity index (χ0) is 26.6. The molecule has 4 rings (SSSR count). The van der Waals surface area contributed by atoms with Crippen molar-refractivity contribution in [2.75, 3.05) is 13.3 Å². The zero-order valence-electron chi connectivity index (χ0n) is 21.3. The van der Waals surface area contributed by atoms with Crippen LogP contribution < -0.4 is 0 Å². The molecule has 0 bridgehead atoms. The first-order chi connectivity index (χ1) is 18.6. The van der Waals surface area contributed by atoms with Crippen LogP contribution in [-0.4, -0.2) is 36.7 Å². The summed E-state index contributed by atoms with van der Waals surface area (Å²) in [6, 6.07) is 28.8. The first kappa shape index (κ1) is 28.4. The van der Waals surface area contributed by atoms with Gasteiger partial charge in [-0.1, -0.05) is 0 Å². The van der Waals surface area contributed by atoms with Crippen molar-refractivity contribution >= 4 is 28.9 Å². The molecule has 0 aromatic heterocycles. The second-order valence-electron chi connectivity index (χ2n) is 9.15. The van der Waals surface area contributed by atoms with E-state index >= 15 is 0 Å². The molecular weight excluding hydrogens is 520 g/mol. The number of amides is 1. The summed E-state index contributed by atoms with van der Waals surface area (Å²) >= 11 is 0. The van der Waals surface area contributed by atoms with Gasteiger partial charge in [0.15, 0.2) is 0 Å². The summed E-state index contributed by atoms with van der Waals surface area (Å²) in [5.41, 5.74) is 2.85. The van der Waals surface area contributed by atoms with E-state index in [9.17, 15) is 9.59 Å². The van der Waals surface area contributed by atoms with Crippen molar-refractivity contribution in [1.82, 2.24) is 4.90 Å². The molecule has 0 spiro atoms. The molecule has 9 heteroatoms. The van der Waals surface area contributed by atoms with Crippen molar-refractivity contribution in [3.05, 3.63) is 108 Å². The van der Waals surface area contributed by atoms with E-state index in [1.165, 1.54) is 0 Å². The van der Waals surface area contributed by atoms with Gasteiger partial charge in [-0.25, -0.2) is 0 Å². The molecule has 0 N–H and O–H groups in total. The van der Waals surface area contributed by atoms with Crippen LogP contribution in [-0.2, 0) is 36.3 Å². The number of hydrogen-bond acceptors (Lipinski definition) is 6. The van der Waals surface area contributed by atoms with Crippen molar-refractivity contribution in [3.8, 4) is 0 Å². The molecule has 0 radical (unpaired) electrons. The average Bonchev–Trinajstić information content (AvgIpc) is 2.97. The van der Waals surface area contributed by atoms with Gasteiger partial charge in [-0.15, -0.1) is 0 Å². The summed E-state index contributed by atoms with van der Waals surface area (Å²) in [7, 11) is -0.690. The molecule has 3 aromatic rings. The third-order valence-electron chi connectivity index (χ3n) is 6.54. The van der Waals surface area contributed by atoms with Crippen LogP contribution in [0.15, 0.2) is 91.0 Å². The molecule has 1 amide bonds. The van der Waals surface area contributed by atoms with E-state index in [2.05, 4.69) is 8.93 Å². The topological polar surface area (TPSA) is 74.3 Å². The van der Waals surface area contributed by atoms with Gasteiger partial charge in [-0.2, -0.15) is 0 Å². The van der Waals surface area contributed by atoms with Gasteiger partial charge in [-0.3, -0.25) is 0 Å². The molecule has 3 unspecified atom stereocenters. The zero-order valence-corrected chi connectivity index (χ0v) is 23.5. The number of nitrogens with zero attached hydrogens (tertiary/aromatic N) is 1. The van der Waals surface area contributed by atoms with Crippen LogP contribution >= 0.6 is 16.6 Å². The number of carbonyl (C=O) groups excluding carboxylic acids is 2.